The number of nitrogens with zero attached hydrogens (tertiary/aromatic N) is 3. The van der Waals surface area contributed by atoms with E-state index in [0.29, 0.717) is 12.5 Å². The lowest BCUT2D eigenvalue weighted by molar-refractivity contribution is -0.140. The van der Waals surface area contributed by atoms with E-state index in [1.807, 2.05) is 10.6 Å². The van der Waals surface area contributed by atoms with E-state index in [9.17, 15) is 14.7 Å². The molecule has 7 nitrogen and oxygen atoms in total. The number of hydrogen-bond acceptors (Lipinski definition) is 5. The van der Waals surface area contributed by atoms with E-state index in [2.05, 4.69) is 15.9 Å². The van der Waals surface area contributed by atoms with Crippen LogP contribution < -0.4 is 5.56 Å². The van der Waals surface area contributed by atoms with Gasteiger partial charge in [-0.25, -0.2) is 0 Å². The summed E-state index contributed by atoms with van der Waals surface area (Å²) in [5.74, 6) is 0.924. The fraction of sp³-hybridized carbons (Fsp3) is 0.739. The van der Waals surface area contributed by atoms with Crippen molar-refractivity contribution >= 4 is 5.91 Å². The summed E-state index contributed by atoms with van der Waals surface area (Å²) in [6.45, 7) is 6.11. The van der Waals surface area contributed by atoms with Crippen molar-refractivity contribution in [1.29, 1.82) is 0 Å². The van der Waals surface area contributed by atoms with Crippen LogP contribution in [-0.4, -0.2) is 70.9 Å². The van der Waals surface area contributed by atoms with E-state index in [1.54, 1.807) is 0 Å². The molecule has 1 aliphatic carbocycles. The number of carbonyl (C=O) groups excluding carboxylic acids is 1. The number of aliphatic hydroxyl groups excluding tert-OH is 1. The summed E-state index contributed by atoms with van der Waals surface area (Å²) < 4.78 is 7.41. The summed E-state index contributed by atoms with van der Waals surface area (Å²) in [5.41, 5.74) is 2.11. The van der Waals surface area contributed by atoms with Gasteiger partial charge < -0.3 is 19.3 Å². The highest BCUT2D eigenvalue weighted by Crippen LogP contribution is 2.37. The molecule has 0 radical (unpaired) electrons. The standard InChI is InChI=1S/C23H33N3O4/c27-20-4-1-17(2-5-20)22(28)25-12-16-11-19(15-25)21-6-3-18(23(29)26(21)13-16)14-24-7-9-30-10-8-24/h3,6,16-17,19-20,27H,1-2,4-5,7-15H2/t16-,17?,19+,20?/m0/s1. The fourth-order valence-electron chi connectivity index (χ4n) is 5.87. The molecule has 0 aromatic carbocycles. The van der Waals surface area contributed by atoms with Gasteiger partial charge in [-0.1, -0.05) is 6.07 Å². The molecule has 1 saturated carbocycles. The van der Waals surface area contributed by atoms with Crippen molar-refractivity contribution in [3.8, 4) is 0 Å². The number of fused-ring (bicyclic) bond motifs is 4. The summed E-state index contributed by atoms with van der Waals surface area (Å²) in [6, 6.07) is 4.14. The number of ether oxygens (including phenoxy) is 1. The molecule has 4 aliphatic rings. The lowest BCUT2D eigenvalue weighted by Crippen LogP contribution is -2.51. The van der Waals surface area contributed by atoms with Crippen molar-refractivity contribution in [2.45, 2.75) is 57.2 Å². The van der Waals surface area contributed by atoms with Crippen LogP contribution in [0.15, 0.2) is 16.9 Å². The van der Waals surface area contributed by atoms with E-state index in [0.717, 1.165) is 89.3 Å². The second-order valence-corrected chi connectivity index (χ2v) is 9.64. The molecule has 3 fully saturated rings. The van der Waals surface area contributed by atoms with Crippen LogP contribution >= 0.6 is 0 Å². The molecule has 5 rings (SSSR count). The maximum Gasteiger partial charge on any atom is 0.255 e. The Bertz CT molecular complexity index is 839. The van der Waals surface area contributed by atoms with Crippen LogP contribution in [0, 0.1) is 11.8 Å². The Kier molecular flexibility index (Phi) is 5.69. The second-order valence-electron chi connectivity index (χ2n) is 9.64. The third-order valence-electron chi connectivity index (χ3n) is 7.54. The minimum Gasteiger partial charge on any atom is -0.393 e. The van der Waals surface area contributed by atoms with Gasteiger partial charge in [0.25, 0.3) is 5.56 Å². The Morgan fingerprint density at radius 2 is 1.83 bits per heavy atom. The third-order valence-corrected chi connectivity index (χ3v) is 7.54. The molecule has 0 spiro atoms. The number of pyridine rings is 1. The van der Waals surface area contributed by atoms with Crippen LogP contribution in [-0.2, 0) is 22.6 Å². The Morgan fingerprint density at radius 3 is 2.60 bits per heavy atom. The first kappa shape index (κ1) is 20.2. The van der Waals surface area contributed by atoms with E-state index >= 15 is 0 Å². The summed E-state index contributed by atoms with van der Waals surface area (Å²) in [6.07, 6.45) is 3.90. The molecule has 7 heteroatoms. The smallest absolute Gasteiger partial charge is 0.255 e. The number of amides is 1. The molecule has 2 atom stereocenters. The number of carbonyl (C=O) groups is 1. The highest BCUT2D eigenvalue weighted by atomic mass is 16.5. The number of likely N-dealkylation sites (tertiary alicyclic amines) is 1. The first-order valence-electron chi connectivity index (χ1n) is 11.6. The first-order valence-corrected chi connectivity index (χ1v) is 11.6. The SMILES string of the molecule is O=C(C1CCC(O)CC1)N1C[C@@H]2C[C@H](C1)c1ccc(CN3CCOCC3)c(=O)n1C2. The van der Waals surface area contributed by atoms with Crippen LogP contribution in [0.2, 0.25) is 0 Å². The van der Waals surface area contributed by atoms with Crippen molar-refractivity contribution in [2.75, 3.05) is 39.4 Å². The number of aromatic nitrogens is 1. The van der Waals surface area contributed by atoms with Gasteiger partial charge in [0.1, 0.15) is 0 Å². The van der Waals surface area contributed by atoms with Gasteiger partial charge in [-0.3, -0.25) is 14.5 Å². The quantitative estimate of drug-likeness (QED) is 0.802. The Labute approximate surface area is 177 Å². The van der Waals surface area contributed by atoms with Crippen molar-refractivity contribution in [3.63, 3.8) is 0 Å². The van der Waals surface area contributed by atoms with Gasteiger partial charge in [0, 0.05) is 62.4 Å². The summed E-state index contributed by atoms with van der Waals surface area (Å²) in [4.78, 5) is 30.7. The molecule has 0 unspecified atom stereocenters. The largest absolute Gasteiger partial charge is 0.393 e. The molecular formula is C23H33N3O4. The lowest BCUT2D eigenvalue weighted by atomic mass is 9.81. The monoisotopic (exact) mass is 415 g/mol. The highest BCUT2D eigenvalue weighted by Gasteiger charge is 2.39. The number of hydrogen-bond donors (Lipinski definition) is 1. The summed E-state index contributed by atoms with van der Waals surface area (Å²) >= 11 is 0. The Balaban J connectivity index is 1.31. The van der Waals surface area contributed by atoms with Gasteiger partial charge >= 0.3 is 0 Å². The number of morpholine rings is 1. The van der Waals surface area contributed by atoms with Crippen molar-refractivity contribution in [2.24, 2.45) is 11.8 Å². The molecule has 30 heavy (non-hydrogen) atoms. The summed E-state index contributed by atoms with van der Waals surface area (Å²) in [5, 5.41) is 9.75. The topological polar surface area (TPSA) is 75.0 Å². The van der Waals surface area contributed by atoms with Gasteiger partial charge in [0.2, 0.25) is 5.91 Å². The normalized spacial score (nSPS) is 32.0. The Morgan fingerprint density at radius 1 is 1.07 bits per heavy atom. The van der Waals surface area contributed by atoms with Crippen molar-refractivity contribution in [1.82, 2.24) is 14.4 Å². The molecule has 1 aromatic rings. The van der Waals surface area contributed by atoms with E-state index in [4.69, 9.17) is 4.74 Å². The van der Waals surface area contributed by atoms with Gasteiger partial charge in [0.15, 0.2) is 0 Å². The van der Waals surface area contributed by atoms with E-state index < -0.39 is 0 Å². The minimum atomic E-state index is -0.236. The maximum absolute atomic E-state index is 13.2. The van der Waals surface area contributed by atoms with Crippen LogP contribution in [0.5, 0.6) is 0 Å². The molecular weight excluding hydrogens is 382 g/mol. The van der Waals surface area contributed by atoms with Gasteiger partial charge in [-0.2, -0.15) is 0 Å². The van der Waals surface area contributed by atoms with Crippen LogP contribution in [0.25, 0.3) is 0 Å². The van der Waals surface area contributed by atoms with Crippen molar-refractivity contribution in [3.05, 3.63) is 33.7 Å². The summed E-state index contributed by atoms with van der Waals surface area (Å²) in [7, 11) is 0. The zero-order chi connectivity index (χ0) is 20.7. The van der Waals surface area contributed by atoms with Crippen LogP contribution in [0.1, 0.15) is 49.3 Å². The first-order chi connectivity index (χ1) is 14.6. The third kappa shape index (κ3) is 3.95. The predicted molar refractivity (Wildman–Crippen MR) is 112 cm³/mol. The van der Waals surface area contributed by atoms with E-state index in [-0.39, 0.29) is 29.4 Å². The minimum absolute atomic E-state index is 0.0605. The number of aliphatic hydroxyl groups is 1. The molecule has 3 aliphatic heterocycles. The molecule has 1 amide bonds. The fourth-order valence-corrected chi connectivity index (χ4v) is 5.87. The van der Waals surface area contributed by atoms with E-state index in [1.165, 1.54) is 0 Å². The molecule has 1 aromatic heterocycles. The molecule has 1 N–H and O–H groups in total. The number of rotatable bonds is 3. The molecule has 2 bridgehead atoms. The average Bonchev–Trinajstić information content (AvgIpc) is 2.77. The Hall–Kier alpha value is -1.70. The lowest BCUT2D eigenvalue weighted by Gasteiger charge is -2.44. The average molecular weight is 416 g/mol. The zero-order valence-corrected chi connectivity index (χ0v) is 17.7. The molecule has 4 heterocycles. The highest BCUT2D eigenvalue weighted by molar-refractivity contribution is 5.79. The van der Waals surface area contributed by atoms with Crippen LogP contribution in [0.3, 0.4) is 0 Å². The van der Waals surface area contributed by atoms with Gasteiger partial charge in [-0.05, 0) is 44.1 Å². The van der Waals surface area contributed by atoms with Crippen molar-refractivity contribution < 1.29 is 14.6 Å². The second kappa shape index (κ2) is 8.44. The number of piperidine rings is 1. The van der Waals surface area contributed by atoms with Gasteiger partial charge in [-0.15, -0.1) is 0 Å². The molecule has 2 saturated heterocycles. The van der Waals surface area contributed by atoms with Crippen LogP contribution in [0.4, 0.5) is 0 Å². The predicted octanol–water partition coefficient (Wildman–Crippen LogP) is 1.18. The van der Waals surface area contributed by atoms with Gasteiger partial charge in [0.05, 0.1) is 19.3 Å². The molecule has 164 valence electrons. The maximum atomic E-state index is 13.2. The zero-order valence-electron chi connectivity index (χ0n) is 17.7.